The van der Waals surface area contributed by atoms with Crippen molar-refractivity contribution in [2.24, 2.45) is 11.5 Å². The summed E-state index contributed by atoms with van der Waals surface area (Å²) in [4.78, 5) is 29.4. The molecule has 8 nitrogen and oxygen atoms in total. The average Bonchev–Trinajstić information content (AvgIpc) is 3.76. The lowest BCUT2D eigenvalue weighted by molar-refractivity contribution is 0.0989. The summed E-state index contributed by atoms with van der Waals surface area (Å²) in [6, 6.07) is 47.5. The van der Waals surface area contributed by atoms with Gasteiger partial charge in [0, 0.05) is 43.4 Å². The lowest BCUT2D eigenvalue weighted by atomic mass is 10.0. The number of fused-ring (bicyclic) bond motifs is 12. The van der Waals surface area contributed by atoms with Crippen LogP contribution >= 0.6 is 0 Å². The molecule has 1 aliphatic carbocycles. The van der Waals surface area contributed by atoms with E-state index in [-0.39, 0.29) is 22.6 Å². The smallest absolute Gasteiger partial charge is 0.252 e. The van der Waals surface area contributed by atoms with Crippen molar-refractivity contribution in [2.45, 2.75) is 0 Å². The molecule has 0 saturated carbocycles. The number of nitrogens with two attached hydrogens (primary N) is 2. The van der Waals surface area contributed by atoms with E-state index in [0.29, 0.717) is 0 Å². The van der Waals surface area contributed by atoms with Crippen LogP contribution < -0.4 is 11.5 Å². The molecule has 2 heterocycles. The number of para-hydroxylation sites is 2. The van der Waals surface area contributed by atoms with Crippen molar-refractivity contribution in [3.05, 3.63) is 178 Å². The first-order valence-corrected chi connectivity index (χ1v) is 17.4. The van der Waals surface area contributed by atoms with E-state index in [4.69, 9.17) is 11.5 Å². The second kappa shape index (κ2) is 12.6. The van der Waals surface area contributed by atoms with Gasteiger partial charge in [0.1, 0.15) is 11.5 Å². The maximum Gasteiger partial charge on any atom is 0.252 e. The maximum absolute atomic E-state index is 11.3. The zero-order valence-electron chi connectivity index (χ0n) is 28.7. The summed E-state index contributed by atoms with van der Waals surface area (Å²) < 4.78 is 0. The number of hydrogen-bond donors (Lipinski definition) is 6. The van der Waals surface area contributed by atoms with E-state index in [2.05, 4.69) is 70.6 Å². The van der Waals surface area contributed by atoms with Gasteiger partial charge in [-0.2, -0.15) is 0 Å². The van der Waals surface area contributed by atoms with E-state index in [1.807, 2.05) is 60.7 Å². The second-order valence-electron chi connectivity index (χ2n) is 13.3. The lowest BCUT2D eigenvalue weighted by Gasteiger charge is -2.05. The van der Waals surface area contributed by atoms with Gasteiger partial charge in [0.15, 0.2) is 0 Å². The molecule has 10 aromatic rings. The molecule has 0 bridgehead atoms. The molecule has 0 saturated heterocycles. The number of aromatic hydroxyl groups is 2. The Labute approximate surface area is 306 Å². The molecule has 8 N–H and O–H groups in total. The normalized spacial score (nSPS) is 11.4. The molecule has 260 valence electrons. The van der Waals surface area contributed by atoms with Crippen LogP contribution in [-0.4, -0.2) is 32.0 Å². The lowest BCUT2D eigenvalue weighted by Crippen LogP contribution is -2.10. The molecule has 11 rings (SSSR count). The van der Waals surface area contributed by atoms with Crippen molar-refractivity contribution in [1.29, 1.82) is 0 Å². The van der Waals surface area contributed by atoms with E-state index in [9.17, 15) is 19.8 Å². The van der Waals surface area contributed by atoms with Crippen LogP contribution in [0, 0.1) is 20.9 Å². The highest BCUT2D eigenvalue weighted by atomic mass is 16.3. The Morgan fingerprint density at radius 2 is 0.759 bits per heavy atom. The van der Waals surface area contributed by atoms with Crippen LogP contribution in [0.25, 0.3) is 65.2 Å². The minimum absolute atomic E-state index is 0.0962. The fourth-order valence-electron chi connectivity index (χ4n) is 7.60. The van der Waals surface area contributed by atoms with Crippen LogP contribution in [0.5, 0.6) is 11.5 Å². The molecule has 0 atom stereocenters. The fraction of sp³-hybridized carbons (Fsp3) is 0. The topological polar surface area (TPSA) is 158 Å². The van der Waals surface area contributed by atoms with Gasteiger partial charge in [-0.15, -0.1) is 0 Å². The van der Waals surface area contributed by atoms with E-state index in [1.165, 1.54) is 20.9 Å². The standard InChI is InChI=1S/2C17H12N2O2.C12H8/c2*18-17(21)13-7-9-5-6-11-10-3-1-2-4-14(10)19-16(11)12(9)8-15(13)20;1-2-6-10-9(5-1)11-7-3-4-8-12(10)11/h2*1-8,19-20H,(H2,18,21);1-8H. The van der Waals surface area contributed by atoms with Crippen molar-refractivity contribution >= 4 is 77.0 Å². The summed E-state index contributed by atoms with van der Waals surface area (Å²) >= 11 is 0. The third-order valence-corrected chi connectivity index (χ3v) is 10.2. The number of carbonyl (C=O) groups excluding carboxylic acids is 2. The summed E-state index contributed by atoms with van der Waals surface area (Å²) in [5.74, 6) is -1.46. The number of benzene rings is 8. The number of primary amides is 2. The molecule has 2 amide bonds. The molecule has 0 unspecified atom stereocenters. The molecule has 0 fully saturated rings. The third kappa shape index (κ3) is 5.24. The zero-order chi connectivity index (χ0) is 37.1. The number of carbonyl (C=O) groups is 2. The Hall–Kier alpha value is -7.58. The van der Waals surface area contributed by atoms with Crippen molar-refractivity contribution in [3.63, 3.8) is 0 Å². The molecular weight excluding hydrogens is 673 g/mol. The van der Waals surface area contributed by atoms with Gasteiger partial charge in [-0.3, -0.25) is 9.59 Å². The van der Waals surface area contributed by atoms with Gasteiger partial charge in [-0.1, -0.05) is 109 Å². The maximum atomic E-state index is 11.3. The number of nitrogens with one attached hydrogen (secondary N) is 2. The van der Waals surface area contributed by atoms with Crippen LogP contribution in [0.4, 0.5) is 0 Å². The second-order valence-corrected chi connectivity index (χ2v) is 13.3. The zero-order valence-corrected chi connectivity index (χ0v) is 28.7. The van der Waals surface area contributed by atoms with Crippen LogP contribution in [-0.2, 0) is 0 Å². The average molecular weight is 705 g/mol. The highest BCUT2D eigenvalue weighted by Crippen LogP contribution is 2.35. The molecule has 0 radical (unpaired) electrons. The van der Waals surface area contributed by atoms with Gasteiger partial charge in [0.2, 0.25) is 0 Å². The quantitative estimate of drug-likeness (QED) is 0.106. The number of H-pyrrole nitrogens is 2. The van der Waals surface area contributed by atoms with Crippen molar-refractivity contribution in [3.8, 4) is 11.5 Å². The molecule has 0 aliphatic heterocycles. The summed E-state index contributed by atoms with van der Waals surface area (Å²) in [6.07, 6.45) is 0. The van der Waals surface area contributed by atoms with Gasteiger partial charge < -0.3 is 31.6 Å². The largest absolute Gasteiger partial charge is 0.507 e. The highest BCUT2D eigenvalue weighted by Gasteiger charge is 2.14. The first-order chi connectivity index (χ1) is 26.3. The number of phenols is 2. The summed E-state index contributed by atoms with van der Waals surface area (Å²) in [5.41, 5.74) is 14.8. The third-order valence-electron chi connectivity index (χ3n) is 10.2. The fourth-order valence-corrected chi connectivity index (χ4v) is 7.60. The van der Waals surface area contributed by atoms with Gasteiger partial charge >= 0.3 is 0 Å². The molecule has 54 heavy (non-hydrogen) atoms. The Morgan fingerprint density at radius 1 is 0.407 bits per heavy atom. The Balaban J connectivity index is 0.000000111. The number of hydrogen-bond acceptors (Lipinski definition) is 4. The highest BCUT2D eigenvalue weighted by molar-refractivity contribution is 6.19. The van der Waals surface area contributed by atoms with Gasteiger partial charge in [0.05, 0.1) is 22.2 Å². The summed E-state index contributed by atoms with van der Waals surface area (Å²) in [6.45, 7) is 0. The molecular formula is C46H32N4O4. The molecule has 2 aromatic heterocycles. The molecule has 8 aromatic carbocycles. The predicted molar refractivity (Wildman–Crippen MR) is 215 cm³/mol. The molecule has 8 heteroatoms. The van der Waals surface area contributed by atoms with Crippen LogP contribution in [0.3, 0.4) is 0 Å². The van der Waals surface area contributed by atoms with Crippen molar-refractivity contribution in [2.75, 3.05) is 0 Å². The first kappa shape index (κ1) is 32.3. The number of rotatable bonds is 2. The number of aromatic amines is 2. The van der Waals surface area contributed by atoms with Crippen LogP contribution in [0.1, 0.15) is 20.7 Å². The number of amides is 2. The van der Waals surface area contributed by atoms with Gasteiger partial charge in [-0.05, 0) is 68.0 Å². The summed E-state index contributed by atoms with van der Waals surface area (Å²) in [5, 5.41) is 33.5. The van der Waals surface area contributed by atoms with Gasteiger partial charge in [0.25, 0.3) is 11.8 Å². The minimum Gasteiger partial charge on any atom is -0.507 e. The predicted octanol–water partition coefficient (Wildman–Crippen LogP) is 9.13. The van der Waals surface area contributed by atoms with E-state index >= 15 is 0 Å². The monoisotopic (exact) mass is 704 g/mol. The molecule has 0 spiro atoms. The van der Waals surface area contributed by atoms with Crippen molar-refractivity contribution in [1.82, 2.24) is 9.97 Å². The summed E-state index contributed by atoms with van der Waals surface area (Å²) in [7, 11) is 0. The molecule has 1 aliphatic rings. The van der Waals surface area contributed by atoms with Crippen LogP contribution in [0.15, 0.2) is 146 Å². The van der Waals surface area contributed by atoms with Gasteiger partial charge in [-0.25, -0.2) is 0 Å². The van der Waals surface area contributed by atoms with Crippen LogP contribution in [0.2, 0.25) is 0 Å². The SMILES string of the molecule is NC(=O)c1cc2ccc3c4ccccc4[nH]c3c2cc1O.NC(=O)c1cc2ccc3c4ccccc4[nH]c3c2cc1O.c1ccc2c(c1)=c1ccccc1=2. The van der Waals surface area contributed by atoms with E-state index in [0.717, 1.165) is 65.2 Å². The van der Waals surface area contributed by atoms with Crippen molar-refractivity contribution < 1.29 is 19.8 Å². The Morgan fingerprint density at radius 3 is 1.13 bits per heavy atom. The minimum atomic E-state index is -0.633. The Bertz CT molecular complexity index is 3080. The number of aromatic nitrogens is 2. The van der Waals surface area contributed by atoms with E-state index < -0.39 is 11.8 Å². The Kier molecular flexibility index (Phi) is 7.53. The first-order valence-electron chi connectivity index (χ1n) is 17.4. The van der Waals surface area contributed by atoms with E-state index in [1.54, 1.807) is 24.3 Å².